The molecule has 20 heavy (non-hydrogen) atoms. The molecular weight excluding hydrogens is 315 g/mol. The molecule has 0 N–H and O–H groups in total. The van der Waals surface area contributed by atoms with Gasteiger partial charge in [-0.05, 0) is 43.3 Å². The van der Waals surface area contributed by atoms with E-state index < -0.39 is 16.0 Å². The highest BCUT2D eigenvalue weighted by molar-refractivity contribution is 7.86. The maximum absolute atomic E-state index is 12.4. The summed E-state index contributed by atoms with van der Waals surface area (Å²) in [5.74, 6) is -0.195. The molecule has 0 spiro atoms. The second kappa shape index (κ2) is 6.53. The first-order chi connectivity index (χ1) is 9.50. The number of hydrogen-bond acceptors (Lipinski definition) is 2. The van der Waals surface area contributed by atoms with Crippen molar-refractivity contribution in [2.75, 3.05) is 0 Å². The molecule has 104 valence electrons. The molecule has 0 heterocycles. The van der Waals surface area contributed by atoms with Crippen LogP contribution in [-0.2, 0) is 10.8 Å². The zero-order valence-electron chi connectivity index (χ0n) is 10.7. The third kappa shape index (κ3) is 3.29. The van der Waals surface area contributed by atoms with Crippen molar-refractivity contribution in [3.8, 4) is 0 Å². The number of hydrogen-bond donors (Lipinski definition) is 0. The summed E-state index contributed by atoms with van der Waals surface area (Å²) in [6.45, 7) is 1.64. The fourth-order valence-corrected chi connectivity index (χ4v) is 3.42. The van der Waals surface area contributed by atoms with Gasteiger partial charge in [0, 0.05) is 10.6 Å². The number of benzene rings is 2. The van der Waals surface area contributed by atoms with E-state index in [2.05, 4.69) is 0 Å². The van der Waals surface area contributed by atoms with E-state index in [4.69, 9.17) is 23.2 Å². The standard InChI is InChI=1S/C15H12Cl2O2S/c1-10(15(18)11-6-8-12(16)9-7-11)20(19)14-5-3-2-4-13(14)17/h2-10H,1H3. The summed E-state index contributed by atoms with van der Waals surface area (Å²) in [4.78, 5) is 12.8. The summed E-state index contributed by atoms with van der Waals surface area (Å²) in [6.07, 6.45) is 0. The molecule has 0 bridgehead atoms. The lowest BCUT2D eigenvalue weighted by atomic mass is 10.1. The monoisotopic (exact) mass is 326 g/mol. The molecule has 0 aliphatic heterocycles. The lowest BCUT2D eigenvalue weighted by molar-refractivity contribution is 0.0992. The number of rotatable bonds is 4. The highest BCUT2D eigenvalue weighted by atomic mass is 35.5. The van der Waals surface area contributed by atoms with Gasteiger partial charge in [-0.25, -0.2) is 0 Å². The molecule has 2 aromatic carbocycles. The zero-order chi connectivity index (χ0) is 14.7. The minimum atomic E-state index is -1.49. The molecule has 0 saturated carbocycles. The Morgan fingerprint density at radius 3 is 2.25 bits per heavy atom. The predicted molar refractivity (Wildman–Crippen MR) is 83.1 cm³/mol. The number of carbonyl (C=O) groups is 1. The lowest BCUT2D eigenvalue weighted by Gasteiger charge is -2.11. The van der Waals surface area contributed by atoms with Gasteiger partial charge in [-0.15, -0.1) is 0 Å². The molecule has 0 fully saturated rings. The molecule has 0 amide bonds. The Kier molecular flexibility index (Phi) is 4.97. The summed E-state index contributed by atoms with van der Waals surface area (Å²) in [6, 6.07) is 13.4. The third-order valence-electron chi connectivity index (χ3n) is 2.87. The Morgan fingerprint density at radius 1 is 1.05 bits per heavy atom. The Bertz CT molecular complexity index is 653. The highest BCUT2D eigenvalue weighted by Gasteiger charge is 2.24. The summed E-state index contributed by atoms with van der Waals surface area (Å²) in [5.41, 5.74) is 0.488. The average Bonchev–Trinajstić information content (AvgIpc) is 2.46. The molecule has 0 aromatic heterocycles. The van der Waals surface area contributed by atoms with Gasteiger partial charge < -0.3 is 0 Å². The van der Waals surface area contributed by atoms with Gasteiger partial charge in [0.2, 0.25) is 0 Å². The van der Waals surface area contributed by atoms with Gasteiger partial charge in [0.1, 0.15) is 0 Å². The summed E-state index contributed by atoms with van der Waals surface area (Å²) in [7, 11) is -1.49. The van der Waals surface area contributed by atoms with Crippen LogP contribution in [0.15, 0.2) is 53.4 Å². The van der Waals surface area contributed by atoms with Gasteiger partial charge in [0.05, 0.1) is 26.0 Å². The van der Waals surface area contributed by atoms with Crippen LogP contribution in [0, 0.1) is 0 Å². The van der Waals surface area contributed by atoms with Crippen LogP contribution in [0.4, 0.5) is 0 Å². The van der Waals surface area contributed by atoms with Crippen molar-refractivity contribution in [3.63, 3.8) is 0 Å². The van der Waals surface area contributed by atoms with E-state index in [1.165, 1.54) is 0 Å². The van der Waals surface area contributed by atoms with Gasteiger partial charge >= 0.3 is 0 Å². The van der Waals surface area contributed by atoms with Crippen LogP contribution in [0.1, 0.15) is 17.3 Å². The predicted octanol–water partition coefficient (Wildman–Crippen LogP) is 4.37. The SMILES string of the molecule is CC(C(=O)c1ccc(Cl)cc1)S(=O)c1ccccc1Cl. The van der Waals surface area contributed by atoms with E-state index in [1.54, 1.807) is 55.5 Å². The molecule has 2 unspecified atom stereocenters. The Morgan fingerprint density at radius 2 is 1.65 bits per heavy atom. The van der Waals surface area contributed by atoms with Crippen LogP contribution in [0.2, 0.25) is 10.0 Å². The minimum Gasteiger partial charge on any atom is -0.293 e. The summed E-state index contributed by atoms with van der Waals surface area (Å²) >= 11 is 11.8. The van der Waals surface area contributed by atoms with Gasteiger partial charge in [-0.2, -0.15) is 0 Å². The molecule has 2 rings (SSSR count). The smallest absolute Gasteiger partial charge is 0.178 e. The van der Waals surface area contributed by atoms with Crippen molar-refractivity contribution >= 4 is 39.8 Å². The topological polar surface area (TPSA) is 34.1 Å². The van der Waals surface area contributed by atoms with Crippen LogP contribution in [0.3, 0.4) is 0 Å². The summed E-state index contributed by atoms with van der Waals surface area (Å²) in [5, 5.41) is 0.291. The van der Waals surface area contributed by atoms with E-state index in [0.717, 1.165) is 0 Å². The molecule has 2 aromatic rings. The van der Waals surface area contributed by atoms with E-state index in [-0.39, 0.29) is 5.78 Å². The first-order valence-electron chi connectivity index (χ1n) is 5.95. The largest absolute Gasteiger partial charge is 0.293 e. The van der Waals surface area contributed by atoms with Gasteiger partial charge in [0.25, 0.3) is 0 Å². The van der Waals surface area contributed by atoms with Crippen LogP contribution >= 0.6 is 23.2 Å². The van der Waals surface area contributed by atoms with Crippen molar-refractivity contribution in [3.05, 3.63) is 64.1 Å². The number of halogens is 2. The van der Waals surface area contributed by atoms with Crippen molar-refractivity contribution in [2.45, 2.75) is 17.1 Å². The molecule has 2 nitrogen and oxygen atoms in total. The third-order valence-corrected chi connectivity index (χ3v) is 5.21. The van der Waals surface area contributed by atoms with E-state index in [1.807, 2.05) is 0 Å². The summed E-state index contributed by atoms with van der Waals surface area (Å²) < 4.78 is 12.4. The molecule has 0 radical (unpaired) electrons. The zero-order valence-corrected chi connectivity index (χ0v) is 13.0. The maximum Gasteiger partial charge on any atom is 0.178 e. The second-order valence-corrected chi connectivity index (χ2v) is 6.83. The first-order valence-corrected chi connectivity index (χ1v) is 7.92. The highest BCUT2D eigenvalue weighted by Crippen LogP contribution is 2.23. The van der Waals surface area contributed by atoms with Crippen LogP contribution in [0.5, 0.6) is 0 Å². The maximum atomic E-state index is 12.4. The van der Waals surface area contributed by atoms with Gasteiger partial charge in [-0.3, -0.25) is 9.00 Å². The molecule has 0 saturated heterocycles. The second-order valence-electron chi connectivity index (χ2n) is 4.24. The molecule has 5 heteroatoms. The Hall–Kier alpha value is -1.16. The van der Waals surface area contributed by atoms with E-state index in [9.17, 15) is 9.00 Å². The van der Waals surface area contributed by atoms with Gasteiger partial charge in [-0.1, -0.05) is 35.3 Å². The number of Topliss-reactive ketones (excluding diaryl/α,β-unsaturated/α-hetero) is 1. The lowest BCUT2D eigenvalue weighted by Crippen LogP contribution is -2.23. The fourth-order valence-electron chi connectivity index (χ4n) is 1.74. The Balaban J connectivity index is 2.25. The van der Waals surface area contributed by atoms with Crippen LogP contribution in [-0.4, -0.2) is 15.2 Å². The van der Waals surface area contributed by atoms with Crippen molar-refractivity contribution < 1.29 is 9.00 Å². The van der Waals surface area contributed by atoms with E-state index >= 15 is 0 Å². The van der Waals surface area contributed by atoms with Crippen LogP contribution < -0.4 is 0 Å². The molecular formula is C15H12Cl2O2S. The van der Waals surface area contributed by atoms with Crippen LogP contribution in [0.25, 0.3) is 0 Å². The quantitative estimate of drug-likeness (QED) is 0.781. The molecule has 2 atom stereocenters. The average molecular weight is 327 g/mol. The Labute approximate surface area is 130 Å². The molecule has 0 aliphatic carbocycles. The van der Waals surface area contributed by atoms with Gasteiger partial charge in [0.15, 0.2) is 5.78 Å². The van der Waals surface area contributed by atoms with E-state index in [0.29, 0.717) is 20.5 Å². The minimum absolute atomic E-state index is 0.195. The van der Waals surface area contributed by atoms with Crippen molar-refractivity contribution in [2.24, 2.45) is 0 Å². The first kappa shape index (κ1) is 15.2. The van der Waals surface area contributed by atoms with Crippen molar-refractivity contribution in [1.82, 2.24) is 0 Å². The fraction of sp³-hybridized carbons (Fsp3) is 0.133. The molecule has 0 aliphatic rings. The van der Waals surface area contributed by atoms with Crippen molar-refractivity contribution in [1.29, 1.82) is 0 Å². The number of ketones is 1. The normalized spacial score (nSPS) is 13.8. The number of carbonyl (C=O) groups excluding carboxylic acids is 1.